The number of ketones is 1. The number of nitrogens with zero attached hydrogens (tertiary/aromatic N) is 1. The van der Waals surface area contributed by atoms with Crippen LogP contribution in [0.2, 0.25) is 0 Å². The molecule has 1 aromatic rings. The van der Waals surface area contributed by atoms with Crippen LogP contribution in [0.3, 0.4) is 0 Å². The molecule has 0 amide bonds. The van der Waals surface area contributed by atoms with Gasteiger partial charge in [-0.3, -0.25) is 9.78 Å². The SMILES string of the molecule is Cc1cc(C(=O)C2CC3CCC(C2)S3)ccn1. The van der Waals surface area contributed by atoms with Crippen molar-refractivity contribution in [1.29, 1.82) is 0 Å². The third-order valence-corrected chi connectivity index (χ3v) is 5.47. The molecule has 3 heterocycles. The van der Waals surface area contributed by atoms with Crippen LogP contribution in [0, 0.1) is 12.8 Å². The zero-order valence-corrected chi connectivity index (χ0v) is 10.9. The number of hydrogen-bond acceptors (Lipinski definition) is 3. The van der Waals surface area contributed by atoms with Crippen molar-refractivity contribution < 1.29 is 4.79 Å². The van der Waals surface area contributed by atoms with Gasteiger partial charge in [0.15, 0.2) is 5.78 Å². The van der Waals surface area contributed by atoms with E-state index in [9.17, 15) is 4.79 Å². The molecule has 2 aliphatic heterocycles. The van der Waals surface area contributed by atoms with Gasteiger partial charge in [-0.15, -0.1) is 0 Å². The van der Waals surface area contributed by atoms with Crippen molar-refractivity contribution in [2.75, 3.05) is 0 Å². The van der Waals surface area contributed by atoms with Gasteiger partial charge in [-0.1, -0.05) is 0 Å². The van der Waals surface area contributed by atoms with Gasteiger partial charge >= 0.3 is 0 Å². The highest BCUT2D eigenvalue weighted by atomic mass is 32.2. The van der Waals surface area contributed by atoms with Crippen LogP contribution >= 0.6 is 11.8 Å². The maximum atomic E-state index is 12.4. The number of hydrogen-bond donors (Lipinski definition) is 0. The molecule has 2 fully saturated rings. The number of fused-ring (bicyclic) bond motifs is 2. The fourth-order valence-corrected chi connectivity index (χ4v) is 4.78. The maximum Gasteiger partial charge on any atom is 0.166 e. The molecular weight excluding hydrogens is 230 g/mol. The van der Waals surface area contributed by atoms with Gasteiger partial charge in [0.25, 0.3) is 0 Å². The molecule has 3 heteroatoms. The molecule has 0 aromatic carbocycles. The van der Waals surface area contributed by atoms with E-state index in [0.717, 1.165) is 34.6 Å². The lowest BCUT2D eigenvalue weighted by molar-refractivity contribution is 0.0906. The van der Waals surface area contributed by atoms with E-state index >= 15 is 0 Å². The van der Waals surface area contributed by atoms with Crippen molar-refractivity contribution in [2.24, 2.45) is 5.92 Å². The minimum atomic E-state index is 0.260. The van der Waals surface area contributed by atoms with E-state index in [0.29, 0.717) is 5.78 Å². The second kappa shape index (κ2) is 4.45. The Morgan fingerprint density at radius 2 is 2.06 bits per heavy atom. The van der Waals surface area contributed by atoms with Crippen molar-refractivity contribution in [3.8, 4) is 0 Å². The molecule has 2 bridgehead atoms. The van der Waals surface area contributed by atoms with Crippen molar-refractivity contribution >= 4 is 17.5 Å². The van der Waals surface area contributed by atoms with Crippen LogP contribution in [0.15, 0.2) is 18.3 Å². The molecule has 2 aliphatic rings. The molecule has 0 radical (unpaired) electrons. The molecule has 2 unspecified atom stereocenters. The lowest BCUT2D eigenvalue weighted by Gasteiger charge is -2.26. The van der Waals surface area contributed by atoms with Crippen molar-refractivity contribution in [2.45, 2.75) is 43.1 Å². The fraction of sp³-hybridized carbons (Fsp3) is 0.571. The van der Waals surface area contributed by atoms with Crippen LogP contribution in [0.1, 0.15) is 41.7 Å². The molecule has 0 N–H and O–H groups in total. The molecule has 90 valence electrons. The van der Waals surface area contributed by atoms with Crippen LogP contribution in [0.4, 0.5) is 0 Å². The Balaban J connectivity index is 1.78. The van der Waals surface area contributed by atoms with Crippen LogP contribution in [-0.4, -0.2) is 21.3 Å². The summed E-state index contributed by atoms with van der Waals surface area (Å²) in [7, 11) is 0. The third kappa shape index (κ3) is 2.25. The highest BCUT2D eigenvalue weighted by Crippen LogP contribution is 2.46. The van der Waals surface area contributed by atoms with Crippen LogP contribution in [0.5, 0.6) is 0 Å². The monoisotopic (exact) mass is 247 g/mol. The number of aromatic nitrogens is 1. The molecule has 2 nitrogen and oxygen atoms in total. The maximum absolute atomic E-state index is 12.4. The average Bonchev–Trinajstić information content (AvgIpc) is 2.67. The highest BCUT2D eigenvalue weighted by molar-refractivity contribution is 8.00. The first-order valence-corrected chi connectivity index (χ1v) is 7.29. The summed E-state index contributed by atoms with van der Waals surface area (Å²) in [5.41, 5.74) is 1.79. The predicted molar refractivity (Wildman–Crippen MR) is 70.4 cm³/mol. The number of carbonyl (C=O) groups excluding carboxylic acids is 1. The lowest BCUT2D eigenvalue weighted by atomic mass is 9.90. The molecule has 0 aliphatic carbocycles. The lowest BCUT2D eigenvalue weighted by Crippen LogP contribution is -2.24. The van der Waals surface area contributed by atoms with Crippen molar-refractivity contribution in [1.82, 2.24) is 4.98 Å². The summed E-state index contributed by atoms with van der Waals surface area (Å²) in [6, 6.07) is 3.78. The highest BCUT2D eigenvalue weighted by Gasteiger charge is 2.37. The minimum Gasteiger partial charge on any atom is -0.294 e. The second-order valence-electron chi connectivity index (χ2n) is 5.18. The molecule has 1 aromatic heterocycles. The van der Waals surface area contributed by atoms with E-state index in [2.05, 4.69) is 16.7 Å². The first-order valence-electron chi connectivity index (χ1n) is 6.34. The Morgan fingerprint density at radius 3 is 2.71 bits per heavy atom. The number of rotatable bonds is 2. The summed E-state index contributed by atoms with van der Waals surface area (Å²) in [5.74, 6) is 0.600. The third-order valence-electron chi connectivity index (χ3n) is 3.84. The van der Waals surface area contributed by atoms with E-state index in [-0.39, 0.29) is 5.92 Å². The van der Waals surface area contributed by atoms with Gasteiger partial charge in [-0.2, -0.15) is 11.8 Å². The topological polar surface area (TPSA) is 30.0 Å². The van der Waals surface area contributed by atoms with E-state index < -0.39 is 0 Å². The normalized spacial score (nSPS) is 31.5. The number of pyridine rings is 1. The summed E-state index contributed by atoms with van der Waals surface area (Å²) < 4.78 is 0. The zero-order valence-electron chi connectivity index (χ0n) is 10.1. The van der Waals surface area contributed by atoms with Crippen LogP contribution in [-0.2, 0) is 0 Å². The molecule has 0 spiro atoms. The summed E-state index contributed by atoms with van der Waals surface area (Å²) in [6.45, 7) is 1.94. The standard InChI is InChI=1S/C14H17NOS/c1-9-6-10(4-5-15-9)14(16)11-7-12-2-3-13(8-11)17-12/h4-6,11-13H,2-3,7-8H2,1H3. The van der Waals surface area contributed by atoms with Crippen LogP contribution in [0.25, 0.3) is 0 Å². The van der Waals surface area contributed by atoms with Gasteiger partial charge in [0, 0.05) is 33.9 Å². The van der Waals surface area contributed by atoms with E-state index in [1.165, 1.54) is 12.8 Å². The van der Waals surface area contributed by atoms with Crippen LogP contribution < -0.4 is 0 Å². The van der Waals surface area contributed by atoms with Gasteiger partial charge in [-0.05, 0) is 44.7 Å². The Hall–Kier alpha value is -0.830. The van der Waals surface area contributed by atoms with E-state index in [1.54, 1.807) is 6.20 Å². The molecular formula is C14H17NOS. The number of aryl methyl sites for hydroxylation is 1. The molecule has 2 atom stereocenters. The molecule has 3 rings (SSSR count). The first kappa shape index (κ1) is 11.3. The Morgan fingerprint density at radius 1 is 1.35 bits per heavy atom. The Bertz CT molecular complexity index is 434. The quantitative estimate of drug-likeness (QED) is 0.751. The fourth-order valence-electron chi connectivity index (χ4n) is 3.01. The minimum absolute atomic E-state index is 0.260. The Labute approximate surface area is 106 Å². The predicted octanol–water partition coefficient (Wildman–Crippen LogP) is 3.25. The first-order chi connectivity index (χ1) is 8.22. The summed E-state index contributed by atoms with van der Waals surface area (Å²) in [5, 5.41) is 1.48. The van der Waals surface area contributed by atoms with Gasteiger partial charge in [0.05, 0.1) is 0 Å². The molecule has 0 saturated carbocycles. The van der Waals surface area contributed by atoms with Crippen molar-refractivity contribution in [3.05, 3.63) is 29.6 Å². The number of thioether (sulfide) groups is 1. The van der Waals surface area contributed by atoms with Gasteiger partial charge in [-0.25, -0.2) is 0 Å². The van der Waals surface area contributed by atoms with E-state index in [4.69, 9.17) is 0 Å². The summed E-state index contributed by atoms with van der Waals surface area (Å²) in [4.78, 5) is 16.6. The largest absolute Gasteiger partial charge is 0.294 e. The number of carbonyl (C=O) groups is 1. The number of Topliss-reactive ketones (excluding diaryl/α,β-unsaturated/α-hetero) is 1. The van der Waals surface area contributed by atoms with Gasteiger partial charge in [0.1, 0.15) is 0 Å². The van der Waals surface area contributed by atoms with Crippen molar-refractivity contribution in [3.63, 3.8) is 0 Å². The zero-order chi connectivity index (χ0) is 11.8. The van der Waals surface area contributed by atoms with Gasteiger partial charge < -0.3 is 0 Å². The molecule has 17 heavy (non-hydrogen) atoms. The average molecular weight is 247 g/mol. The molecule has 2 saturated heterocycles. The smallest absolute Gasteiger partial charge is 0.166 e. The second-order valence-corrected chi connectivity index (χ2v) is 6.78. The Kier molecular flexibility index (Phi) is 2.95. The van der Waals surface area contributed by atoms with E-state index in [1.807, 2.05) is 19.1 Å². The van der Waals surface area contributed by atoms with Gasteiger partial charge in [0.2, 0.25) is 0 Å². The summed E-state index contributed by atoms with van der Waals surface area (Å²) in [6.07, 6.45) is 6.54. The summed E-state index contributed by atoms with van der Waals surface area (Å²) >= 11 is 2.11.